The van der Waals surface area contributed by atoms with Crippen LogP contribution in [-0.2, 0) is 16.0 Å². The number of hydrogen-bond donors (Lipinski definition) is 1. The predicted octanol–water partition coefficient (Wildman–Crippen LogP) is 1.53. The summed E-state index contributed by atoms with van der Waals surface area (Å²) in [5.41, 5.74) is 7.04. The molecule has 0 bridgehead atoms. The minimum atomic E-state index is -0.234. The number of hydrogen-bond acceptors (Lipinski definition) is 5. The minimum absolute atomic E-state index is 0.0859. The van der Waals surface area contributed by atoms with E-state index in [0.29, 0.717) is 30.8 Å². The van der Waals surface area contributed by atoms with Gasteiger partial charge in [-0.05, 0) is 30.5 Å². The van der Waals surface area contributed by atoms with Gasteiger partial charge in [0.2, 0.25) is 0 Å². The molecule has 0 fully saturated rings. The maximum absolute atomic E-state index is 11.0. The number of nitrogens with two attached hydrogens (primary N) is 1. The molecule has 1 atom stereocenters. The van der Waals surface area contributed by atoms with Gasteiger partial charge in [-0.25, -0.2) is 0 Å². The summed E-state index contributed by atoms with van der Waals surface area (Å²) in [7, 11) is 4.57. The Morgan fingerprint density at radius 1 is 1.21 bits per heavy atom. The smallest absolute Gasteiger partial charge is 0.305 e. The normalized spacial score (nSPS) is 11.8. The third-order valence-corrected chi connectivity index (χ3v) is 2.89. The highest BCUT2D eigenvalue weighted by Gasteiger charge is 2.10. The molecule has 0 radical (unpaired) electrons. The molecule has 5 nitrogen and oxygen atoms in total. The molecule has 0 aliphatic carbocycles. The summed E-state index contributed by atoms with van der Waals surface area (Å²) < 4.78 is 15.0. The van der Waals surface area contributed by atoms with E-state index in [1.165, 1.54) is 7.11 Å². The lowest BCUT2D eigenvalue weighted by Gasteiger charge is -2.13. The summed E-state index contributed by atoms with van der Waals surface area (Å²) >= 11 is 0. The molecule has 0 aliphatic heterocycles. The molecule has 106 valence electrons. The Bertz CT molecular complexity index is 420. The predicted molar refractivity (Wildman–Crippen MR) is 72.5 cm³/mol. The van der Waals surface area contributed by atoms with Gasteiger partial charge >= 0.3 is 5.97 Å². The average molecular weight is 267 g/mol. The second-order valence-corrected chi connectivity index (χ2v) is 4.27. The van der Waals surface area contributed by atoms with E-state index in [1.807, 2.05) is 18.2 Å². The maximum Gasteiger partial charge on any atom is 0.305 e. The molecule has 0 aliphatic rings. The lowest BCUT2D eigenvalue weighted by molar-refractivity contribution is -0.140. The molecule has 19 heavy (non-hydrogen) atoms. The highest BCUT2D eigenvalue weighted by molar-refractivity contribution is 5.69. The van der Waals surface area contributed by atoms with E-state index in [1.54, 1.807) is 14.2 Å². The zero-order valence-electron chi connectivity index (χ0n) is 11.6. The van der Waals surface area contributed by atoms with E-state index >= 15 is 0 Å². The molecule has 1 unspecified atom stereocenters. The highest BCUT2D eigenvalue weighted by atomic mass is 16.5. The number of rotatable bonds is 7. The fourth-order valence-corrected chi connectivity index (χ4v) is 1.82. The Balaban J connectivity index is 2.59. The van der Waals surface area contributed by atoms with Gasteiger partial charge in [0, 0.05) is 12.5 Å². The van der Waals surface area contributed by atoms with Gasteiger partial charge in [-0.3, -0.25) is 4.79 Å². The molecule has 0 amide bonds. The van der Waals surface area contributed by atoms with Crippen molar-refractivity contribution < 1.29 is 19.0 Å². The number of carbonyl (C=O) groups excluding carboxylic acids is 1. The molecule has 1 aromatic rings. The van der Waals surface area contributed by atoms with Crippen LogP contribution in [-0.4, -0.2) is 33.3 Å². The number of methoxy groups -OCH3 is 3. The number of carbonyl (C=O) groups is 1. The molecule has 0 heterocycles. The van der Waals surface area contributed by atoms with Gasteiger partial charge in [-0.2, -0.15) is 0 Å². The Morgan fingerprint density at radius 2 is 1.89 bits per heavy atom. The van der Waals surface area contributed by atoms with Gasteiger partial charge in [0.25, 0.3) is 0 Å². The monoisotopic (exact) mass is 267 g/mol. The fraction of sp³-hybridized carbons (Fsp3) is 0.500. The summed E-state index contributed by atoms with van der Waals surface area (Å²) in [4.78, 5) is 11.0. The van der Waals surface area contributed by atoms with Gasteiger partial charge in [0.1, 0.15) is 0 Å². The third kappa shape index (κ3) is 4.79. The quantitative estimate of drug-likeness (QED) is 0.758. The zero-order chi connectivity index (χ0) is 14.3. The van der Waals surface area contributed by atoms with E-state index in [-0.39, 0.29) is 12.0 Å². The first-order valence-corrected chi connectivity index (χ1v) is 6.14. The Morgan fingerprint density at radius 3 is 2.47 bits per heavy atom. The van der Waals surface area contributed by atoms with Crippen molar-refractivity contribution in [3.05, 3.63) is 23.8 Å². The van der Waals surface area contributed by atoms with E-state index < -0.39 is 0 Å². The van der Waals surface area contributed by atoms with Crippen LogP contribution in [0.4, 0.5) is 0 Å². The average Bonchev–Trinajstić information content (AvgIpc) is 2.44. The van der Waals surface area contributed by atoms with Crippen LogP contribution in [0.1, 0.15) is 18.4 Å². The number of benzene rings is 1. The van der Waals surface area contributed by atoms with Gasteiger partial charge in [0.05, 0.1) is 21.3 Å². The molecule has 2 N–H and O–H groups in total. The SMILES string of the molecule is COC(=O)CCC(N)Cc1ccc(OC)c(OC)c1. The first-order chi connectivity index (χ1) is 9.10. The second kappa shape index (κ2) is 7.63. The summed E-state index contributed by atoms with van der Waals surface area (Å²) in [5.74, 6) is 1.14. The molecule has 0 saturated heterocycles. The maximum atomic E-state index is 11.0. The zero-order valence-corrected chi connectivity index (χ0v) is 11.6. The van der Waals surface area contributed by atoms with Crippen LogP contribution >= 0.6 is 0 Å². The van der Waals surface area contributed by atoms with Crippen LogP contribution in [0, 0.1) is 0 Å². The van der Waals surface area contributed by atoms with Crippen LogP contribution < -0.4 is 15.2 Å². The van der Waals surface area contributed by atoms with E-state index in [0.717, 1.165) is 5.56 Å². The van der Waals surface area contributed by atoms with Gasteiger partial charge in [0.15, 0.2) is 11.5 Å². The van der Waals surface area contributed by atoms with Gasteiger partial charge in [-0.15, -0.1) is 0 Å². The van der Waals surface area contributed by atoms with Crippen molar-refractivity contribution in [1.82, 2.24) is 0 Å². The molecule has 5 heteroatoms. The van der Waals surface area contributed by atoms with Crippen molar-refractivity contribution in [2.45, 2.75) is 25.3 Å². The number of esters is 1. The van der Waals surface area contributed by atoms with Crippen molar-refractivity contribution >= 4 is 5.97 Å². The van der Waals surface area contributed by atoms with E-state index in [9.17, 15) is 4.79 Å². The lowest BCUT2D eigenvalue weighted by atomic mass is 10.0. The summed E-state index contributed by atoms with van der Waals surface area (Å²) in [6.45, 7) is 0. The Hall–Kier alpha value is -1.75. The Kier molecular flexibility index (Phi) is 6.15. The molecule has 1 rings (SSSR count). The van der Waals surface area contributed by atoms with Crippen LogP contribution in [0.3, 0.4) is 0 Å². The molecular formula is C14H21NO4. The van der Waals surface area contributed by atoms with Crippen LogP contribution in [0.25, 0.3) is 0 Å². The van der Waals surface area contributed by atoms with Crippen LogP contribution in [0.5, 0.6) is 11.5 Å². The standard InChI is InChI=1S/C14H21NO4/c1-17-12-6-4-10(9-13(12)18-2)8-11(15)5-7-14(16)19-3/h4,6,9,11H,5,7-8,15H2,1-3H3. The summed E-state index contributed by atoms with van der Waals surface area (Å²) in [5, 5.41) is 0. The van der Waals surface area contributed by atoms with Gasteiger partial charge in [-0.1, -0.05) is 6.07 Å². The largest absolute Gasteiger partial charge is 0.493 e. The molecule has 1 aromatic carbocycles. The van der Waals surface area contributed by atoms with Crippen LogP contribution in [0.15, 0.2) is 18.2 Å². The molecule has 0 aromatic heterocycles. The van der Waals surface area contributed by atoms with Crippen molar-refractivity contribution in [2.24, 2.45) is 5.73 Å². The lowest BCUT2D eigenvalue weighted by Crippen LogP contribution is -2.24. The van der Waals surface area contributed by atoms with Crippen molar-refractivity contribution in [2.75, 3.05) is 21.3 Å². The molecule has 0 spiro atoms. The first-order valence-electron chi connectivity index (χ1n) is 6.14. The highest BCUT2D eigenvalue weighted by Crippen LogP contribution is 2.28. The third-order valence-electron chi connectivity index (χ3n) is 2.89. The topological polar surface area (TPSA) is 70.8 Å². The first kappa shape index (κ1) is 15.3. The van der Waals surface area contributed by atoms with Gasteiger partial charge < -0.3 is 19.9 Å². The second-order valence-electron chi connectivity index (χ2n) is 4.27. The van der Waals surface area contributed by atoms with Crippen molar-refractivity contribution in [3.8, 4) is 11.5 Å². The molecular weight excluding hydrogens is 246 g/mol. The molecule has 0 saturated carbocycles. The van der Waals surface area contributed by atoms with E-state index in [4.69, 9.17) is 15.2 Å². The van der Waals surface area contributed by atoms with Crippen molar-refractivity contribution in [1.29, 1.82) is 0 Å². The van der Waals surface area contributed by atoms with Crippen molar-refractivity contribution in [3.63, 3.8) is 0 Å². The summed E-state index contributed by atoms with van der Waals surface area (Å²) in [6.07, 6.45) is 1.61. The fourth-order valence-electron chi connectivity index (χ4n) is 1.82. The summed E-state index contributed by atoms with van der Waals surface area (Å²) in [6, 6.07) is 5.61. The van der Waals surface area contributed by atoms with Crippen LogP contribution in [0.2, 0.25) is 0 Å². The Labute approximate surface area is 113 Å². The number of ether oxygens (including phenoxy) is 3. The minimum Gasteiger partial charge on any atom is -0.493 e. The van der Waals surface area contributed by atoms with E-state index in [2.05, 4.69) is 4.74 Å².